The van der Waals surface area contributed by atoms with E-state index in [0.29, 0.717) is 23.1 Å². The van der Waals surface area contributed by atoms with Crippen molar-refractivity contribution in [2.45, 2.75) is 25.3 Å². The van der Waals surface area contributed by atoms with Gasteiger partial charge in [-0.2, -0.15) is 0 Å². The van der Waals surface area contributed by atoms with Gasteiger partial charge in [0.25, 0.3) is 5.91 Å². The summed E-state index contributed by atoms with van der Waals surface area (Å²) in [5.74, 6) is 1.25. The van der Waals surface area contributed by atoms with Gasteiger partial charge < -0.3 is 19.7 Å². The molecule has 1 aliphatic heterocycles. The minimum atomic E-state index is 0.0304. The Kier molecular flexibility index (Phi) is 5.44. The molecule has 1 heterocycles. The number of methoxy groups -OCH3 is 2. The zero-order valence-electron chi connectivity index (χ0n) is 13.0. The number of hydrogen-bond acceptors (Lipinski definition) is 4. The normalized spacial score (nSPS) is 18.7. The van der Waals surface area contributed by atoms with E-state index in [1.807, 2.05) is 11.9 Å². The summed E-state index contributed by atoms with van der Waals surface area (Å²) in [5.41, 5.74) is 0.632. The molecule has 116 valence electrons. The maximum absolute atomic E-state index is 12.6. The molecule has 5 nitrogen and oxygen atoms in total. The molecule has 1 fully saturated rings. The molecular weight excluding hydrogens is 268 g/mol. The molecule has 0 spiro atoms. The van der Waals surface area contributed by atoms with Crippen molar-refractivity contribution < 1.29 is 14.3 Å². The van der Waals surface area contributed by atoms with E-state index in [1.54, 1.807) is 32.4 Å². The van der Waals surface area contributed by atoms with Crippen molar-refractivity contribution in [1.29, 1.82) is 0 Å². The van der Waals surface area contributed by atoms with Gasteiger partial charge in [0.15, 0.2) is 11.5 Å². The molecular formula is C16H24N2O3. The zero-order valence-corrected chi connectivity index (χ0v) is 13.0. The molecule has 21 heavy (non-hydrogen) atoms. The van der Waals surface area contributed by atoms with Gasteiger partial charge in [-0.25, -0.2) is 0 Å². The number of ether oxygens (including phenoxy) is 2. The van der Waals surface area contributed by atoms with Crippen LogP contribution in [0.3, 0.4) is 0 Å². The van der Waals surface area contributed by atoms with Gasteiger partial charge in [0.2, 0.25) is 0 Å². The molecule has 0 aliphatic carbocycles. The summed E-state index contributed by atoms with van der Waals surface area (Å²) in [5, 5.41) is 3.37. The summed E-state index contributed by atoms with van der Waals surface area (Å²) in [4.78, 5) is 14.5. The molecule has 0 bridgehead atoms. The average molecular weight is 292 g/mol. The lowest BCUT2D eigenvalue weighted by Crippen LogP contribution is -2.37. The first-order valence-electron chi connectivity index (χ1n) is 7.37. The van der Waals surface area contributed by atoms with E-state index >= 15 is 0 Å². The number of carbonyl (C=O) groups excluding carboxylic acids is 1. The Balaban J connectivity index is 2.14. The minimum Gasteiger partial charge on any atom is -0.493 e. The third kappa shape index (κ3) is 3.67. The molecule has 1 N–H and O–H groups in total. The van der Waals surface area contributed by atoms with Crippen LogP contribution in [0, 0.1) is 0 Å². The summed E-state index contributed by atoms with van der Waals surface area (Å²) in [6, 6.07) is 5.59. The standard InChI is InChI=1S/C16H24N2O3/c1-18(13-5-4-9-17-10-8-13)16(19)12-6-7-14(20-2)15(11-12)21-3/h6-7,11,13,17H,4-5,8-10H2,1-3H3. The van der Waals surface area contributed by atoms with Crippen molar-refractivity contribution in [3.63, 3.8) is 0 Å². The zero-order chi connectivity index (χ0) is 15.2. The monoisotopic (exact) mass is 292 g/mol. The Bertz CT molecular complexity index is 482. The van der Waals surface area contributed by atoms with Gasteiger partial charge in [-0.05, 0) is 50.6 Å². The SMILES string of the molecule is COc1ccc(C(=O)N(C)C2CCCNCC2)cc1OC. The van der Waals surface area contributed by atoms with Crippen molar-refractivity contribution in [3.05, 3.63) is 23.8 Å². The maximum atomic E-state index is 12.6. The predicted molar refractivity (Wildman–Crippen MR) is 82.1 cm³/mol. The summed E-state index contributed by atoms with van der Waals surface area (Å²) in [6.07, 6.45) is 3.15. The van der Waals surface area contributed by atoms with Gasteiger partial charge in [0.1, 0.15) is 0 Å². The van der Waals surface area contributed by atoms with Crippen LogP contribution in [0.2, 0.25) is 0 Å². The maximum Gasteiger partial charge on any atom is 0.253 e. The highest BCUT2D eigenvalue weighted by molar-refractivity contribution is 5.95. The van der Waals surface area contributed by atoms with Crippen LogP contribution in [-0.4, -0.2) is 51.2 Å². The van der Waals surface area contributed by atoms with Crippen LogP contribution in [0.15, 0.2) is 18.2 Å². The molecule has 1 unspecified atom stereocenters. The molecule has 1 atom stereocenters. The van der Waals surface area contributed by atoms with Gasteiger partial charge in [-0.1, -0.05) is 0 Å². The van der Waals surface area contributed by atoms with E-state index in [-0.39, 0.29) is 5.91 Å². The van der Waals surface area contributed by atoms with Crippen molar-refractivity contribution in [2.75, 3.05) is 34.4 Å². The molecule has 1 saturated heterocycles. The molecule has 0 saturated carbocycles. The van der Waals surface area contributed by atoms with E-state index in [1.165, 1.54) is 0 Å². The minimum absolute atomic E-state index is 0.0304. The molecule has 5 heteroatoms. The molecule has 1 aromatic rings. The average Bonchev–Trinajstić information content (AvgIpc) is 2.82. The fourth-order valence-electron chi connectivity index (χ4n) is 2.73. The topological polar surface area (TPSA) is 50.8 Å². The fourth-order valence-corrected chi connectivity index (χ4v) is 2.73. The largest absolute Gasteiger partial charge is 0.493 e. The molecule has 0 radical (unpaired) electrons. The van der Waals surface area contributed by atoms with Crippen LogP contribution in [0.4, 0.5) is 0 Å². The van der Waals surface area contributed by atoms with Crippen molar-refractivity contribution in [1.82, 2.24) is 10.2 Å². The van der Waals surface area contributed by atoms with E-state index in [9.17, 15) is 4.79 Å². The number of hydrogen-bond donors (Lipinski definition) is 1. The smallest absolute Gasteiger partial charge is 0.253 e. The lowest BCUT2D eigenvalue weighted by molar-refractivity contribution is 0.0720. The highest BCUT2D eigenvalue weighted by Gasteiger charge is 2.22. The van der Waals surface area contributed by atoms with Gasteiger partial charge in [-0.15, -0.1) is 0 Å². The molecule has 0 aromatic heterocycles. The van der Waals surface area contributed by atoms with Gasteiger partial charge in [0.05, 0.1) is 14.2 Å². The lowest BCUT2D eigenvalue weighted by atomic mass is 10.1. The fraction of sp³-hybridized carbons (Fsp3) is 0.562. The lowest BCUT2D eigenvalue weighted by Gasteiger charge is -2.27. The van der Waals surface area contributed by atoms with Crippen molar-refractivity contribution in [3.8, 4) is 11.5 Å². The van der Waals surface area contributed by atoms with Crippen LogP contribution in [0.5, 0.6) is 11.5 Å². The number of amides is 1. The number of benzene rings is 1. The van der Waals surface area contributed by atoms with E-state index in [0.717, 1.165) is 32.4 Å². The first-order valence-corrected chi connectivity index (χ1v) is 7.37. The number of rotatable bonds is 4. The highest BCUT2D eigenvalue weighted by Crippen LogP contribution is 2.28. The van der Waals surface area contributed by atoms with Crippen LogP contribution in [0.1, 0.15) is 29.6 Å². The van der Waals surface area contributed by atoms with E-state index < -0.39 is 0 Å². The second kappa shape index (κ2) is 7.31. The third-order valence-corrected chi connectivity index (χ3v) is 4.04. The highest BCUT2D eigenvalue weighted by atomic mass is 16.5. The van der Waals surface area contributed by atoms with E-state index in [2.05, 4.69) is 5.32 Å². The number of nitrogens with one attached hydrogen (secondary N) is 1. The Morgan fingerprint density at radius 3 is 2.67 bits per heavy atom. The molecule has 1 aromatic carbocycles. The first-order chi connectivity index (χ1) is 10.2. The summed E-state index contributed by atoms with van der Waals surface area (Å²) in [7, 11) is 5.05. The van der Waals surface area contributed by atoms with Crippen molar-refractivity contribution in [2.24, 2.45) is 0 Å². The Labute approximate surface area is 126 Å². The van der Waals surface area contributed by atoms with Gasteiger partial charge >= 0.3 is 0 Å². The summed E-state index contributed by atoms with van der Waals surface area (Å²) < 4.78 is 10.5. The molecule has 2 rings (SSSR count). The quantitative estimate of drug-likeness (QED) is 0.921. The van der Waals surface area contributed by atoms with Gasteiger partial charge in [-0.3, -0.25) is 4.79 Å². The number of carbonyl (C=O) groups is 1. The van der Waals surface area contributed by atoms with Crippen LogP contribution >= 0.6 is 0 Å². The third-order valence-electron chi connectivity index (χ3n) is 4.04. The summed E-state index contributed by atoms with van der Waals surface area (Å²) >= 11 is 0. The summed E-state index contributed by atoms with van der Waals surface area (Å²) in [6.45, 7) is 2.00. The predicted octanol–water partition coefficient (Wildman–Crippen LogP) is 1.92. The van der Waals surface area contributed by atoms with Crippen LogP contribution in [0.25, 0.3) is 0 Å². The molecule has 1 amide bonds. The number of nitrogens with zero attached hydrogens (tertiary/aromatic N) is 1. The molecule has 1 aliphatic rings. The second-order valence-electron chi connectivity index (χ2n) is 5.32. The Morgan fingerprint density at radius 1 is 1.19 bits per heavy atom. The van der Waals surface area contributed by atoms with Gasteiger partial charge in [0, 0.05) is 18.7 Å². The van der Waals surface area contributed by atoms with Crippen molar-refractivity contribution >= 4 is 5.91 Å². The van der Waals surface area contributed by atoms with Crippen LogP contribution in [-0.2, 0) is 0 Å². The first kappa shape index (κ1) is 15.6. The Morgan fingerprint density at radius 2 is 1.95 bits per heavy atom. The Hall–Kier alpha value is -1.75. The second-order valence-corrected chi connectivity index (χ2v) is 5.32. The van der Waals surface area contributed by atoms with E-state index in [4.69, 9.17) is 9.47 Å². The van der Waals surface area contributed by atoms with Crippen LogP contribution < -0.4 is 14.8 Å².